The van der Waals surface area contributed by atoms with Gasteiger partial charge in [0.1, 0.15) is 17.2 Å². The number of aromatic nitrogens is 3. The number of fused-ring (bicyclic) bond motifs is 1. The van der Waals surface area contributed by atoms with Gasteiger partial charge in [-0.1, -0.05) is 0 Å². The van der Waals surface area contributed by atoms with E-state index in [1.807, 2.05) is 32.9 Å². The molecule has 24 heavy (non-hydrogen) atoms. The lowest BCUT2D eigenvalue weighted by Crippen LogP contribution is -2.42. The number of imidazole rings is 1. The van der Waals surface area contributed by atoms with E-state index in [0.717, 1.165) is 19.4 Å². The molecule has 1 fully saturated rings. The number of ether oxygens (including phenoxy) is 1. The summed E-state index contributed by atoms with van der Waals surface area (Å²) < 4.78 is 7.07. The summed E-state index contributed by atoms with van der Waals surface area (Å²) in [6.07, 6.45) is 3.25. The highest BCUT2D eigenvalue weighted by Crippen LogP contribution is 2.21. The smallest absolute Gasteiger partial charge is 0.410 e. The first-order valence-electron chi connectivity index (χ1n) is 8.17. The monoisotopic (exact) mass is 332 g/mol. The van der Waals surface area contributed by atoms with Crippen molar-refractivity contribution in [2.45, 2.75) is 45.3 Å². The molecule has 130 valence electrons. The van der Waals surface area contributed by atoms with E-state index in [4.69, 9.17) is 10.5 Å². The van der Waals surface area contributed by atoms with Crippen LogP contribution >= 0.6 is 0 Å². The molecule has 1 atom stereocenters. The molecule has 8 heteroatoms. The molecule has 3 rings (SSSR count). The highest BCUT2D eigenvalue weighted by Gasteiger charge is 2.31. The highest BCUT2D eigenvalue weighted by molar-refractivity contribution is 5.69. The first-order chi connectivity index (χ1) is 11.3. The molecule has 0 bridgehead atoms. The van der Waals surface area contributed by atoms with Gasteiger partial charge in [0.25, 0.3) is 0 Å². The van der Waals surface area contributed by atoms with Gasteiger partial charge in [-0.15, -0.1) is 5.10 Å². The van der Waals surface area contributed by atoms with Gasteiger partial charge in [-0.2, -0.15) is 4.52 Å². The van der Waals surface area contributed by atoms with Crippen LogP contribution in [0, 0.1) is 0 Å². The molecule has 0 saturated carbocycles. The number of carbonyl (C=O) groups excluding carboxylic acids is 1. The number of carbonyl (C=O) groups is 1. The molecule has 0 unspecified atom stereocenters. The lowest BCUT2D eigenvalue weighted by atomic mass is 10.2. The number of nitrogens with one attached hydrogen (secondary N) is 1. The molecule has 1 saturated heterocycles. The van der Waals surface area contributed by atoms with Crippen molar-refractivity contribution in [3.05, 3.63) is 18.3 Å². The maximum absolute atomic E-state index is 12.3. The first kappa shape index (κ1) is 16.4. The van der Waals surface area contributed by atoms with Crippen LogP contribution < -0.4 is 11.1 Å². The molecule has 1 amide bonds. The Morgan fingerprint density at radius 2 is 2.25 bits per heavy atom. The summed E-state index contributed by atoms with van der Waals surface area (Å²) in [7, 11) is 0. The Morgan fingerprint density at radius 3 is 3.00 bits per heavy atom. The van der Waals surface area contributed by atoms with Crippen LogP contribution in [0.5, 0.6) is 0 Å². The zero-order chi connectivity index (χ0) is 17.3. The van der Waals surface area contributed by atoms with E-state index < -0.39 is 5.60 Å². The molecule has 8 nitrogen and oxygen atoms in total. The summed E-state index contributed by atoms with van der Waals surface area (Å²) in [5.41, 5.74) is 6.04. The van der Waals surface area contributed by atoms with Crippen molar-refractivity contribution in [3.8, 4) is 0 Å². The molecule has 0 aliphatic carbocycles. The Hall–Kier alpha value is -2.51. The number of rotatable bonds is 3. The number of anilines is 2. The molecule has 3 heterocycles. The number of likely N-dealkylation sites (tertiary alicyclic amines) is 1. The van der Waals surface area contributed by atoms with E-state index >= 15 is 0 Å². The standard InChI is InChI=1S/C16H24N6O2/c1-16(2,3)24-15(23)21-8-4-5-11(21)9-18-13-6-7-14-19-10-12(17)22(14)20-13/h6-7,10-11H,4-5,8-9,17H2,1-3H3,(H,18,20)/t11-/m0/s1. The summed E-state index contributed by atoms with van der Waals surface area (Å²) >= 11 is 0. The van der Waals surface area contributed by atoms with E-state index in [-0.39, 0.29) is 12.1 Å². The van der Waals surface area contributed by atoms with Gasteiger partial charge in [0, 0.05) is 13.1 Å². The summed E-state index contributed by atoms with van der Waals surface area (Å²) in [5, 5.41) is 7.69. The Labute approximate surface area is 141 Å². The minimum absolute atomic E-state index is 0.0949. The topological polar surface area (TPSA) is 97.8 Å². The van der Waals surface area contributed by atoms with Crippen molar-refractivity contribution in [3.63, 3.8) is 0 Å². The predicted molar refractivity (Wildman–Crippen MR) is 91.9 cm³/mol. The third kappa shape index (κ3) is 3.52. The van der Waals surface area contributed by atoms with Crippen LogP contribution in [-0.4, -0.2) is 50.3 Å². The molecule has 0 radical (unpaired) electrons. The second kappa shape index (κ2) is 6.18. The molecule has 1 aliphatic rings. The summed E-state index contributed by atoms with van der Waals surface area (Å²) in [6, 6.07) is 3.80. The SMILES string of the molecule is CC(C)(C)OC(=O)N1CCC[C@H]1CNc1ccc2ncc(N)n2n1. The molecule has 1 aliphatic heterocycles. The van der Waals surface area contributed by atoms with E-state index in [2.05, 4.69) is 15.4 Å². The fourth-order valence-electron chi connectivity index (χ4n) is 2.82. The minimum atomic E-state index is -0.483. The van der Waals surface area contributed by atoms with Gasteiger partial charge in [0.2, 0.25) is 0 Å². The highest BCUT2D eigenvalue weighted by atomic mass is 16.6. The quantitative estimate of drug-likeness (QED) is 0.893. The van der Waals surface area contributed by atoms with Gasteiger partial charge in [-0.3, -0.25) is 0 Å². The van der Waals surface area contributed by atoms with Gasteiger partial charge < -0.3 is 20.7 Å². The van der Waals surface area contributed by atoms with Gasteiger partial charge >= 0.3 is 6.09 Å². The summed E-state index contributed by atoms with van der Waals surface area (Å²) in [6.45, 7) is 6.98. The van der Waals surface area contributed by atoms with Crippen LogP contribution in [0.1, 0.15) is 33.6 Å². The molecular weight excluding hydrogens is 308 g/mol. The third-order valence-corrected chi connectivity index (χ3v) is 3.91. The normalized spacial score (nSPS) is 18.1. The second-order valence-electron chi connectivity index (χ2n) is 7.02. The molecular formula is C16H24N6O2. The number of amides is 1. The second-order valence-corrected chi connectivity index (χ2v) is 7.02. The maximum atomic E-state index is 12.3. The lowest BCUT2D eigenvalue weighted by molar-refractivity contribution is 0.0235. The number of nitrogens with two attached hydrogens (primary N) is 1. The van der Waals surface area contributed by atoms with Crippen molar-refractivity contribution < 1.29 is 9.53 Å². The molecule has 0 spiro atoms. The molecule has 0 aromatic carbocycles. The maximum Gasteiger partial charge on any atom is 0.410 e. The van der Waals surface area contributed by atoms with Crippen LogP contribution in [0.15, 0.2) is 18.3 Å². The summed E-state index contributed by atoms with van der Waals surface area (Å²) in [5.74, 6) is 1.19. The Morgan fingerprint density at radius 1 is 1.46 bits per heavy atom. The fourth-order valence-corrected chi connectivity index (χ4v) is 2.82. The van der Waals surface area contributed by atoms with Crippen LogP contribution in [0.4, 0.5) is 16.4 Å². The number of hydrogen-bond donors (Lipinski definition) is 2. The zero-order valence-corrected chi connectivity index (χ0v) is 14.3. The van der Waals surface area contributed by atoms with Crippen molar-refractivity contribution >= 4 is 23.4 Å². The average Bonchev–Trinajstić information content (AvgIpc) is 3.11. The predicted octanol–water partition coefficient (Wildman–Crippen LogP) is 2.12. The molecule has 2 aromatic heterocycles. The van der Waals surface area contributed by atoms with E-state index in [0.29, 0.717) is 23.8 Å². The van der Waals surface area contributed by atoms with Gasteiger partial charge in [0.05, 0.1) is 12.2 Å². The van der Waals surface area contributed by atoms with Crippen LogP contribution in [0.2, 0.25) is 0 Å². The first-order valence-corrected chi connectivity index (χ1v) is 8.17. The Balaban J connectivity index is 1.64. The number of hydrogen-bond acceptors (Lipinski definition) is 6. The molecule has 3 N–H and O–H groups in total. The minimum Gasteiger partial charge on any atom is -0.444 e. The van der Waals surface area contributed by atoms with E-state index in [9.17, 15) is 4.79 Å². The zero-order valence-electron chi connectivity index (χ0n) is 14.3. The number of nitrogen functional groups attached to an aromatic ring is 1. The van der Waals surface area contributed by atoms with Gasteiger partial charge in [0.15, 0.2) is 5.65 Å². The number of nitrogens with zero attached hydrogens (tertiary/aromatic N) is 4. The third-order valence-electron chi connectivity index (χ3n) is 3.91. The van der Waals surface area contributed by atoms with Crippen LogP contribution in [-0.2, 0) is 4.74 Å². The van der Waals surface area contributed by atoms with E-state index in [1.54, 1.807) is 15.6 Å². The largest absolute Gasteiger partial charge is 0.444 e. The van der Waals surface area contributed by atoms with E-state index in [1.165, 1.54) is 0 Å². The Bertz CT molecular complexity index is 736. The van der Waals surface area contributed by atoms with Crippen molar-refractivity contribution in [1.29, 1.82) is 0 Å². The van der Waals surface area contributed by atoms with Crippen LogP contribution in [0.25, 0.3) is 5.65 Å². The summed E-state index contributed by atoms with van der Waals surface area (Å²) in [4.78, 5) is 18.2. The van der Waals surface area contributed by atoms with Crippen molar-refractivity contribution in [2.75, 3.05) is 24.1 Å². The lowest BCUT2D eigenvalue weighted by Gasteiger charge is -2.28. The fraction of sp³-hybridized carbons (Fsp3) is 0.562. The molecule has 2 aromatic rings. The van der Waals surface area contributed by atoms with Crippen LogP contribution in [0.3, 0.4) is 0 Å². The van der Waals surface area contributed by atoms with Crippen molar-refractivity contribution in [1.82, 2.24) is 19.5 Å². The van der Waals surface area contributed by atoms with Gasteiger partial charge in [-0.05, 0) is 45.7 Å². The van der Waals surface area contributed by atoms with Crippen molar-refractivity contribution in [2.24, 2.45) is 0 Å². The average molecular weight is 332 g/mol. The van der Waals surface area contributed by atoms with Gasteiger partial charge in [-0.25, -0.2) is 9.78 Å². The Kier molecular flexibility index (Phi) is 4.21.